The Balaban J connectivity index is 1.56. The van der Waals surface area contributed by atoms with Gasteiger partial charge in [-0.05, 0) is 36.6 Å². The molecule has 3 nitrogen and oxygen atoms in total. The Morgan fingerprint density at radius 3 is 2.29 bits per heavy atom. The molecule has 0 aliphatic carbocycles. The molecule has 1 heterocycles. The highest BCUT2D eigenvalue weighted by atomic mass is 16.2. The summed E-state index contributed by atoms with van der Waals surface area (Å²) < 4.78 is 0. The number of benzene rings is 2. The van der Waals surface area contributed by atoms with Crippen molar-refractivity contribution in [3.63, 3.8) is 0 Å². The first-order valence-electron chi connectivity index (χ1n) is 8.85. The van der Waals surface area contributed by atoms with E-state index in [1.807, 2.05) is 35.2 Å². The van der Waals surface area contributed by atoms with Crippen LogP contribution in [0.15, 0.2) is 60.7 Å². The van der Waals surface area contributed by atoms with Crippen LogP contribution < -0.4 is 0 Å². The van der Waals surface area contributed by atoms with E-state index in [0.717, 1.165) is 44.7 Å². The first kappa shape index (κ1) is 16.7. The highest BCUT2D eigenvalue weighted by Crippen LogP contribution is 2.17. The van der Waals surface area contributed by atoms with E-state index in [1.54, 1.807) is 0 Å². The second-order valence-electron chi connectivity index (χ2n) is 6.62. The molecule has 3 heteroatoms. The Morgan fingerprint density at radius 2 is 1.58 bits per heavy atom. The lowest BCUT2D eigenvalue weighted by Crippen LogP contribution is -2.36. The van der Waals surface area contributed by atoms with Crippen LogP contribution in [0, 0.1) is 0 Å². The topological polar surface area (TPSA) is 23.6 Å². The van der Waals surface area contributed by atoms with E-state index in [1.165, 1.54) is 5.56 Å². The Bertz CT molecular complexity index is 641. The summed E-state index contributed by atoms with van der Waals surface area (Å²) in [6.45, 7) is 7.02. The Morgan fingerprint density at radius 1 is 0.917 bits per heavy atom. The zero-order valence-corrected chi connectivity index (χ0v) is 14.4. The van der Waals surface area contributed by atoms with Crippen molar-refractivity contribution >= 4 is 5.91 Å². The normalized spacial score (nSPS) is 17.3. The minimum absolute atomic E-state index is 0.161. The summed E-state index contributed by atoms with van der Waals surface area (Å²) in [6.07, 6.45) is 1.04. The second-order valence-corrected chi connectivity index (χ2v) is 6.62. The van der Waals surface area contributed by atoms with Gasteiger partial charge in [0.05, 0.1) is 0 Å². The lowest BCUT2D eigenvalue weighted by Gasteiger charge is -2.25. The van der Waals surface area contributed by atoms with Gasteiger partial charge in [0.15, 0.2) is 0 Å². The van der Waals surface area contributed by atoms with Crippen molar-refractivity contribution in [2.45, 2.75) is 19.3 Å². The third-order valence-electron chi connectivity index (χ3n) is 4.80. The molecule has 1 aliphatic rings. The molecule has 2 aromatic rings. The molecular weight excluding hydrogens is 296 g/mol. The maximum atomic E-state index is 12.6. The highest BCUT2D eigenvalue weighted by Gasteiger charge is 2.21. The van der Waals surface area contributed by atoms with Gasteiger partial charge in [-0.3, -0.25) is 4.79 Å². The third-order valence-corrected chi connectivity index (χ3v) is 4.80. The van der Waals surface area contributed by atoms with Gasteiger partial charge in [0.25, 0.3) is 5.91 Å². The van der Waals surface area contributed by atoms with Gasteiger partial charge in [0.2, 0.25) is 0 Å². The van der Waals surface area contributed by atoms with Gasteiger partial charge in [-0.1, -0.05) is 55.5 Å². The molecule has 1 amide bonds. The van der Waals surface area contributed by atoms with Gasteiger partial charge in [0, 0.05) is 31.7 Å². The smallest absolute Gasteiger partial charge is 0.253 e. The molecular formula is C21H26N2O. The molecule has 0 aromatic heterocycles. The van der Waals surface area contributed by atoms with Crippen LogP contribution in [0.5, 0.6) is 0 Å². The number of carbonyl (C=O) groups excluding carboxylic acids is 1. The van der Waals surface area contributed by atoms with Crippen LogP contribution in [0.25, 0.3) is 0 Å². The molecule has 1 unspecified atom stereocenters. The summed E-state index contributed by atoms with van der Waals surface area (Å²) in [5.41, 5.74) is 2.18. The third kappa shape index (κ3) is 4.24. The molecule has 3 rings (SSSR count). The molecule has 0 radical (unpaired) electrons. The Hall–Kier alpha value is -2.13. The van der Waals surface area contributed by atoms with Crippen LogP contribution in [0.3, 0.4) is 0 Å². The maximum Gasteiger partial charge on any atom is 0.253 e. The average Bonchev–Trinajstić information content (AvgIpc) is 2.88. The number of rotatable bonds is 4. The summed E-state index contributed by atoms with van der Waals surface area (Å²) in [4.78, 5) is 17.1. The molecule has 1 atom stereocenters. The zero-order chi connectivity index (χ0) is 16.8. The van der Waals surface area contributed by atoms with E-state index in [9.17, 15) is 4.79 Å². The fourth-order valence-corrected chi connectivity index (χ4v) is 3.39. The average molecular weight is 322 g/mol. The first-order valence-corrected chi connectivity index (χ1v) is 8.85. The first-order chi connectivity index (χ1) is 11.7. The van der Waals surface area contributed by atoms with E-state index in [-0.39, 0.29) is 5.91 Å². The summed E-state index contributed by atoms with van der Waals surface area (Å²) in [6, 6.07) is 20.3. The van der Waals surface area contributed by atoms with E-state index < -0.39 is 0 Å². The van der Waals surface area contributed by atoms with E-state index >= 15 is 0 Å². The van der Waals surface area contributed by atoms with Crippen molar-refractivity contribution in [3.05, 3.63) is 71.8 Å². The van der Waals surface area contributed by atoms with Crippen LogP contribution in [0.1, 0.15) is 35.2 Å². The standard InChI is InChI=1S/C21H26N2O/c1-18(19-9-4-2-5-10-19)17-22-13-8-14-23(16-15-22)21(24)20-11-6-3-7-12-20/h2-7,9-12,18H,8,13-17H2,1H3. The van der Waals surface area contributed by atoms with Crippen LogP contribution in [-0.4, -0.2) is 48.4 Å². The summed E-state index contributed by atoms with van der Waals surface area (Å²) >= 11 is 0. The molecule has 0 N–H and O–H groups in total. The molecule has 126 valence electrons. The van der Waals surface area contributed by atoms with Crippen LogP contribution in [0.4, 0.5) is 0 Å². The number of hydrogen-bond donors (Lipinski definition) is 0. The van der Waals surface area contributed by atoms with Gasteiger partial charge in [-0.15, -0.1) is 0 Å². The van der Waals surface area contributed by atoms with Gasteiger partial charge in [-0.2, -0.15) is 0 Å². The molecule has 24 heavy (non-hydrogen) atoms. The van der Waals surface area contributed by atoms with Crippen LogP contribution >= 0.6 is 0 Å². The van der Waals surface area contributed by atoms with Gasteiger partial charge < -0.3 is 9.80 Å². The number of hydrogen-bond acceptors (Lipinski definition) is 2. The van der Waals surface area contributed by atoms with E-state index in [2.05, 4.69) is 42.2 Å². The van der Waals surface area contributed by atoms with Crippen molar-refractivity contribution in [1.29, 1.82) is 0 Å². The minimum atomic E-state index is 0.161. The van der Waals surface area contributed by atoms with E-state index in [0.29, 0.717) is 5.92 Å². The summed E-state index contributed by atoms with van der Waals surface area (Å²) in [5.74, 6) is 0.677. The van der Waals surface area contributed by atoms with Crippen molar-refractivity contribution in [3.8, 4) is 0 Å². The van der Waals surface area contributed by atoms with Gasteiger partial charge >= 0.3 is 0 Å². The number of amides is 1. The maximum absolute atomic E-state index is 12.6. The van der Waals surface area contributed by atoms with Crippen molar-refractivity contribution in [2.75, 3.05) is 32.7 Å². The SMILES string of the molecule is CC(CN1CCCN(C(=O)c2ccccc2)CC1)c1ccccc1. The second kappa shape index (κ2) is 8.11. The number of nitrogens with zero attached hydrogens (tertiary/aromatic N) is 2. The van der Waals surface area contributed by atoms with Gasteiger partial charge in [-0.25, -0.2) is 0 Å². The quantitative estimate of drug-likeness (QED) is 0.858. The van der Waals surface area contributed by atoms with Gasteiger partial charge in [0.1, 0.15) is 0 Å². The molecule has 1 saturated heterocycles. The lowest BCUT2D eigenvalue weighted by molar-refractivity contribution is 0.0761. The Kier molecular flexibility index (Phi) is 5.65. The molecule has 1 aliphatic heterocycles. The Labute approximate surface area is 144 Å². The monoisotopic (exact) mass is 322 g/mol. The largest absolute Gasteiger partial charge is 0.337 e. The van der Waals surface area contributed by atoms with E-state index in [4.69, 9.17) is 0 Å². The fraction of sp³-hybridized carbons (Fsp3) is 0.381. The lowest BCUT2D eigenvalue weighted by atomic mass is 10.0. The van der Waals surface area contributed by atoms with Crippen molar-refractivity contribution < 1.29 is 4.79 Å². The molecule has 0 spiro atoms. The fourth-order valence-electron chi connectivity index (χ4n) is 3.39. The predicted molar refractivity (Wildman–Crippen MR) is 98.3 cm³/mol. The van der Waals surface area contributed by atoms with Crippen molar-refractivity contribution in [1.82, 2.24) is 9.80 Å². The molecule has 2 aromatic carbocycles. The summed E-state index contributed by atoms with van der Waals surface area (Å²) in [7, 11) is 0. The van der Waals surface area contributed by atoms with Crippen molar-refractivity contribution in [2.24, 2.45) is 0 Å². The summed E-state index contributed by atoms with van der Waals surface area (Å²) in [5, 5.41) is 0. The van der Waals surface area contributed by atoms with Crippen LogP contribution in [-0.2, 0) is 0 Å². The molecule has 0 bridgehead atoms. The molecule has 1 fully saturated rings. The number of carbonyl (C=O) groups is 1. The highest BCUT2D eigenvalue weighted by molar-refractivity contribution is 5.94. The minimum Gasteiger partial charge on any atom is -0.337 e. The predicted octanol–water partition coefficient (Wildman–Crippen LogP) is 3.64. The van der Waals surface area contributed by atoms with Crippen LogP contribution in [0.2, 0.25) is 0 Å². The zero-order valence-electron chi connectivity index (χ0n) is 14.4. The molecule has 0 saturated carbocycles.